The zero-order valence-electron chi connectivity index (χ0n) is 14.2. The quantitative estimate of drug-likeness (QED) is 0.883. The molecule has 25 heavy (non-hydrogen) atoms. The lowest BCUT2D eigenvalue weighted by molar-refractivity contribution is 0.351. The van der Waals surface area contributed by atoms with E-state index in [9.17, 15) is 14.4 Å². The van der Waals surface area contributed by atoms with E-state index in [4.69, 9.17) is 0 Å². The van der Waals surface area contributed by atoms with Crippen molar-refractivity contribution in [3.63, 3.8) is 0 Å². The van der Waals surface area contributed by atoms with Crippen LogP contribution in [0.15, 0.2) is 23.0 Å². The molecule has 6 heteroatoms. The number of anilines is 2. The van der Waals surface area contributed by atoms with Crippen molar-refractivity contribution in [2.75, 3.05) is 5.32 Å². The van der Waals surface area contributed by atoms with E-state index in [1.165, 1.54) is 31.4 Å². The third-order valence-electron chi connectivity index (χ3n) is 4.74. The second kappa shape index (κ2) is 7.47. The molecular formula is C19H21FN4O. The van der Waals surface area contributed by atoms with E-state index in [1.807, 2.05) is 13.0 Å². The molecule has 0 saturated heterocycles. The van der Waals surface area contributed by atoms with Gasteiger partial charge in [-0.15, -0.1) is 0 Å². The van der Waals surface area contributed by atoms with Crippen LogP contribution in [0.2, 0.25) is 0 Å². The number of nitrogens with zero attached hydrogens (tertiary/aromatic N) is 2. The van der Waals surface area contributed by atoms with Crippen LogP contribution in [0.1, 0.15) is 49.1 Å². The van der Waals surface area contributed by atoms with Gasteiger partial charge in [0, 0.05) is 12.1 Å². The molecular weight excluding hydrogens is 319 g/mol. The van der Waals surface area contributed by atoms with Crippen LogP contribution >= 0.6 is 0 Å². The van der Waals surface area contributed by atoms with E-state index in [1.54, 1.807) is 6.07 Å². The van der Waals surface area contributed by atoms with Gasteiger partial charge >= 0.3 is 0 Å². The molecule has 5 nitrogen and oxygen atoms in total. The minimum absolute atomic E-state index is 0.0870. The molecule has 3 rings (SSSR count). The largest absolute Gasteiger partial charge is 0.339 e. The molecule has 0 atom stereocenters. The zero-order chi connectivity index (χ0) is 17.8. The van der Waals surface area contributed by atoms with Crippen LogP contribution in [-0.4, -0.2) is 9.97 Å². The van der Waals surface area contributed by atoms with Crippen LogP contribution < -0.4 is 10.9 Å². The second-order valence-corrected chi connectivity index (χ2v) is 6.64. The molecule has 1 saturated carbocycles. The Bertz CT molecular complexity index is 863. The molecule has 1 heterocycles. The molecule has 1 aliphatic rings. The Hall–Kier alpha value is -2.68. The van der Waals surface area contributed by atoms with Crippen LogP contribution in [0.5, 0.6) is 0 Å². The second-order valence-electron chi connectivity index (χ2n) is 6.64. The number of nitriles is 1. The first kappa shape index (κ1) is 17.2. The van der Waals surface area contributed by atoms with Crippen LogP contribution in [-0.2, 0) is 6.42 Å². The highest BCUT2D eigenvalue weighted by atomic mass is 19.1. The van der Waals surface area contributed by atoms with Gasteiger partial charge in [-0.1, -0.05) is 38.2 Å². The molecule has 130 valence electrons. The van der Waals surface area contributed by atoms with Crippen molar-refractivity contribution < 1.29 is 4.39 Å². The summed E-state index contributed by atoms with van der Waals surface area (Å²) in [6, 6.07) is 6.23. The summed E-state index contributed by atoms with van der Waals surface area (Å²) in [4.78, 5) is 19.4. The summed E-state index contributed by atoms with van der Waals surface area (Å²) < 4.78 is 13.5. The van der Waals surface area contributed by atoms with Crippen LogP contribution in [0.4, 0.5) is 15.9 Å². The Labute approximate surface area is 145 Å². The van der Waals surface area contributed by atoms with Crippen molar-refractivity contribution in [1.82, 2.24) is 9.97 Å². The summed E-state index contributed by atoms with van der Waals surface area (Å²) in [5.74, 6) is 0.880. The predicted octanol–water partition coefficient (Wildman–Crippen LogP) is 3.96. The molecule has 0 amide bonds. The Morgan fingerprint density at radius 3 is 2.84 bits per heavy atom. The normalized spacial score (nSPS) is 14.9. The summed E-state index contributed by atoms with van der Waals surface area (Å²) in [5, 5.41) is 12.2. The SMILES string of the molecule is Cc1ccc(F)cc1Nc1nc(CC2CCCCC2)[nH]c(=O)c1C#N. The molecule has 1 aliphatic carbocycles. The van der Waals surface area contributed by atoms with Gasteiger partial charge in [-0.25, -0.2) is 9.37 Å². The van der Waals surface area contributed by atoms with Crippen molar-refractivity contribution in [3.8, 4) is 6.07 Å². The third kappa shape index (κ3) is 4.05. The molecule has 2 aromatic rings. The minimum Gasteiger partial charge on any atom is -0.339 e. The van der Waals surface area contributed by atoms with Gasteiger partial charge in [0.2, 0.25) is 0 Å². The molecule has 1 fully saturated rings. The number of benzene rings is 1. The summed E-state index contributed by atoms with van der Waals surface area (Å²) >= 11 is 0. The van der Waals surface area contributed by atoms with Gasteiger partial charge in [-0.3, -0.25) is 4.79 Å². The highest BCUT2D eigenvalue weighted by Crippen LogP contribution is 2.27. The average Bonchev–Trinajstić information content (AvgIpc) is 2.59. The summed E-state index contributed by atoms with van der Waals surface area (Å²) in [5.41, 5.74) is 0.760. The monoisotopic (exact) mass is 340 g/mol. The van der Waals surface area contributed by atoms with E-state index in [2.05, 4.69) is 15.3 Å². The highest BCUT2D eigenvalue weighted by molar-refractivity contribution is 5.64. The molecule has 0 bridgehead atoms. The summed E-state index contributed by atoms with van der Waals surface area (Å²) in [7, 11) is 0. The molecule has 0 spiro atoms. The number of nitrogens with one attached hydrogen (secondary N) is 2. The predicted molar refractivity (Wildman–Crippen MR) is 94.3 cm³/mol. The Balaban J connectivity index is 1.92. The maximum atomic E-state index is 13.5. The number of aromatic amines is 1. The Kier molecular flexibility index (Phi) is 5.13. The van der Waals surface area contributed by atoms with Crippen molar-refractivity contribution in [2.45, 2.75) is 45.4 Å². The van der Waals surface area contributed by atoms with Crippen molar-refractivity contribution in [2.24, 2.45) is 5.92 Å². The minimum atomic E-state index is -0.458. The van der Waals surface area contributed by atoms with Crippen molar-refractivity contribution in [3.05, 3.63) is 51.3 Å². The highest BCUT2D eigenvalue weighted by Gasteiger charge is 2.18. The number of rotatable bonds is 4. The average molecular weight is 340 g/mol. The van der Waals surface area contributed by atoms with Gasteiger partial charge in [0.1, 0.15) is 17.7 Å². The molecule has 1 aromatic heterocycles. The van der Waals surface area contributed by atoms with Gasteiger partial charge < -0.3 is 10.3 Å². The van der Waals surface area contributed by atoms with E-state index in [0.29, 0.717) is 23.9 Å². The molecule has 1 aromatic carbocycles. The Morgan fingerprint density at radius 2 is 2.12 bits per heavy atom. The van der Waals surface area contributed by atoms with Crippen LogP contribution in [0.3, 0.4) is 0 Å². The van der Waals surface area contributed by atoms with Gasteiger partial charge in [-0.05, 0) is 30.5 Å². The lowest BCUT2D eigenvalue weighted by atomic mass is 9.87. The molecule has 2 N–H and O–H groups in total. The number of hydrogen-bond donors (Lipinski definition) is 2. The number of aryl methyl sites for hydroxylation is 1. The van der Waals surface area contributed by atoms with Gasteiger partial charge in [-0.2, -0.15) is 5.26 Å². The first-order valence-electron chi connectivity index (χ1n) is 8.63. The van der Waals surface area contributed by atoms with E-state index in [-0.39, 0.29) is 17.2 Å². The fourth-order valence-electron chi connectivity index (χ4n) is 3.33. The molecule has 0 radical (unpaired) electrons. The van der Waals surface area contributed by atoms with E-state index in [0.717, 1.165) is 18.4 Å². The lowest BCUT2D eigenvalue weighted by Crippen LogP contribution is -2.20. The van der Waals surface area contributed by atoms with Gasteiger partial charge in [0.05, 0.1) is 0 Å². The van der Waals surface area contributed by atoms with E-state index < -0.39 is 5.56 Å². The summed E-state index contributed by atoms with van der Waals surface area (Å²) in [6.07, 6.45) is 6.64. The number of hydrogen-bond acceptors (Lipinski definition) is 4. The van der Waals surface area contributed by atoms with Crippen LogP contribution in [0.25, 0.3) is 0 Å². The third-order valence-corrected chi connectivity index (χ3v) is 4.74. The van der Waals surface area contributed by atoms with Crippen molar-refractivity contribution >= 4 is 11.5 Å². The fraction of sp³-hybridized carbons (Fsp3) is 0.421. The maximum Gasteiger partial charge on any atom is 0.271 e. The topological polar surface area (TPSA) is 81.6 Å². The maximum absolute atomic E-state index is 13.5. The van der Waals surface area contributed by atoms with E-state index >= 15 is 0 Å². The van der Waals surface area contributed by atoms with Crippen molar-refractivity contribution in [1.29, 1.82) is 5.26 Å². The lowest BCUT2D eigenvalue weighted by Gasteiger charge is -2.21. The van der Waals surface area contributed by atoms with Crippen LogP contribution in [0, 0.1) is 30.0 Å². The molecule has 0 aliphatic heterocycles. The number of H-pyrrole nitrogens is 1. The standard InChI is InChI=1S/C19H21FN4O/c1-12-7-8-14(20)10-16(12)22-18-15(11-21)19(25)24-17(23-18)9-13-5-3-2-4-6-13/h7-8,10,13H,2-6,9H2,1H3,(H2,22,23,24,25). The van der Waals surface area contributed by atoms with Gasteiger partial charge in [0.15, 0.2) is 11.4 Å². The number of aromatic nitrogens is 2. The first-order valence-corrected chi connectivity index (χ1v) is 8.63. The zero-order valence-corrected chi connectivity index (χ0v) is 14.2. The first-order chi connectivity index (χ1) is 12.1. The number of halogens is 1. The summed E-state index contributed by atoms with van der Waals surface area (Å²) in [6.45, 7) is 1.82. The van der Waals surface area contributed by atoms with Gasteiger partial charge in [0.25, 0.3) is 5.56 Å². The molecule has 0 unspecified atom stereocenters. The smallest absolute Gasteiger partial charge is 0.271 e. The fourth-order valence-corrected chi connectivity index (χ4v) is 3.33. The Morgan fingerprint density at radius 1 is 1.36 bits per heavy atom.